The number of rotatable bonds is 10. The summed E-state index contributed by atoms with van der Waals surface area (Å²) in [7, 11) is 0. The zero-order chi connectivity index (χ0) is 24.7. The number of nitrogens with zero attached hydrogens (tertiary/aromatic N) is 3. The molecule has 0 aliphatic heterocycles. The summed E-state index contributed by atoms with van der Waals surface area (Å²) in [5.41, 5.74) is 1.86. The van der Waals surface area contributed by atoms with Crippen molar-refractivity contribution < 1.29 is 14.5 Å². The van der Waals surface area contributed by atoms with Crippen LogP contribution in [0.1, 0.15) is 48.6 Å². The molecule has 0 fully saturated rings. The van der Waals surface area contributed by atoms with E-state index in [1.165, 1.54) is 36.0 Å². The summed E-state index contributed by atoms with van der Waals surface area (Å²) in [5.74, 6) is -0.101. The van der Waals surface area contributed by atoms with Gasteiger partial charge in [-0.05, 0) is 30.0 Å². The molecule has 178 valence electrons. The Labute approximate surface area is 201 Å². The summed E-state index contributed by atoms with van der Waals surface area (Å²) in [6.07, 6.45) is 0.812. The van der Waals surface area contributed by atoms with Crippen LogP contribution < -0.4 is 10.6 Å². The number of nitro groups is 1. The molecule has 0 bridgehead atoms. The first-order chi connectivity index (χ1) is 16.3. The van der Waals surface area contributed by atoms with E-state index in [0.29, 0.717) is 11.0 Å². The monoisotopic (exact) mass is 482 g/mol. The third-order valence-electron chi connectivity index (χ3n) is 5.05. The predicted molar refractivity (Wildman–Crippen MR) is 130 cm³/mol. The number of nitrogens with one attached hydrogen (secondary N) is 3. The molecule has 2 aromatic carbocycles. The lowest BCUT2D eigenvalue weighted by Gasteiger charge is -2.19. The minimum absolute atomic E-state index is 0.0395. The Hall–Kier alpha value is -3.73. The molecule has 34 heavy (non-hydrogen) atoms. The number of anilines is 1. The van der Waals surface area contributed by atoms with Crippen LogP contribution in [0.25, 0.3) is 0 Å². The third kappa shape index (κ3) is 6.41. The molecule has 0 saturated heterocycles. The Bertz CT molecular complexity index is 1180. The first kappa shape index (κ1) is 24.9. The second-order valence-corrected chi connectivity index (χ2v) is 8.80. The Balaban J connectivity index is 1.63. The zero-order valence-electron chi connectivity index (χ0n) is 19.1. The Morgan fingerprint density at radius 2 is 1.94 bits per heavy atom. The highest BCUT2D eigenvalue weighted by molar-refractivity contribution is 7.99. The molecule has 0 saturated carbocycles. The molecule has 3 N–H and O–H groups in total. The maximum atomic E-state index is 12.7. The Kier molecular flexibility index (Phi) is 8.36. The summed E-state index contributed by atoms with van der Waals surface area (Å²) < 4.78 is 0. The number of aromatic nitrogens is 3. The van der Waals surface area contributed by atoms with Gasteiger partial charge in [0.15, 0.2) is 0 Å². The topological polar surface area (TPSA) is 143 Å². The molecule has 10 nitrogen and oxygen atoms in total. The van der Waals surface area contributed by atoms with E-state index in [-0.39, 0.29) is 28.8 Å². The number of H-pyrrole nitrogens is 1. The fourth-order valence-corrected chi connectivity index (χ4v) is 3.87. The van der Waals surface area contributed by atoms with E-state index in [2.05, 4.69) is 25.8 Å². The van der Waals surface area contributed by atoms with Crippen LogP contribution >= 0.6 is 11.8 Å². The minimum Gasteiger partial charge on any atom is -0.342 e. The Morgan fingerprint density at radius 1 is 1.18 bits per heavy atom. The van der Waals surface area contributed by atoms with Crippen LogP contribution in [0, 0.1) is 16.0 Å². The average Bonchev–Trinajstić information content (AvgIpc) is 3.30. The molecular formula is C23H26N6O4S. The van der Waals surface area contributed by atoms with Crippen LogP contribution in [-0.2, 0) is 11.2 Å². The fourth-order valence-electron chi connectivity index (χ4n) is 3.26. The number of amides is 2. The van der Waals surface area contributed by atoms with E-state index < -0.39 is 16.9 Å². The standard InChI is InChI=1S/C23H26N6O4S/c1-4-15-8-5-6-11-18(15)24-19(30)13-34-23-26-21(27-28-23)20(14(2)3)25-22(31)16-9-7-10-17(12-16)29(32)33/h5-12,14,20H,4,13H2,1-3H3,(H,24,30)(H,25,31)(H,26,27,28)/t20-/m0/s1. The number of carbonyl (C=O) groups excluding carboxylic acids is 2. The molecule has 0 aliphatic rings. The van der Waals surface area contributed by atoms with Gasteiger partial charge in [0.05, 0.1) is 16.7 Å². The first-order valence-corrected chi connectivity index (χ1v) is 11.7. The maximum absolute atomic E-state index is 12.7. The number of para-hydroxylation sites is 1. The van der Waals surface area contributed by atoms with Crippen molar-refractivity contribution in [2.75, 3.05) is 11.1 Å². The molecule has 2 amide bonds. The van der Waals surface area contributed by atoms with Crippen molar-refractivity contribution in [3.8, 4) is 0 Å². The molecule has 3 aromatic rings. The summed E-state index contributed by atoms with van der Waals surface area (Å²) in [6, 6.07) is 12.7. The van der Waals surface area contributed by atoms with E-state index in [1.807, 2.05) is 45.0 Å². The number of thioether (sulfide) groups is 1. The average molecular weight is 483 g/mol. The van der Waals surface area contributed by atoms with Crippen molar-refractivity contribution in [2.45, 2.75) is 38.4 Å². The van der Waals surface area contributed by atoms with Gasteiger partial charge in [0, 0.05) is 23.4 Å². The number of benzene rings is 2. The fraction of sp³-hybridized carbons (Fsp3) is 0.304. The van der Waals surface area contributed by atoms with Crippen LogP contribution in [0.5, 0.6) is 0 Å². The van der Waals surface area contributed by atoms with E-state index in [1.54, 1.807) is 0 Å². The highest BCUT2D eigenvalue weighted by Crippen LogP contribution is 2.23. The molecule has 11 heteroatoms. The number of hydrogen-bond acceptors (Lipinski definition) is 7. The van der Waals surface area contributed by atoms with Gasteiger partial charge in [0.1, 0.15) is 5.82 Å². The Morgan fingerprint density at radius 3 is 2.65 bits per heavy atom. The number of carbonyl (C=O) groups is 2. The van der Waals surface area contributed by atoms with Crippen molar-refractivity contribution in [3.05, 3.63) is 75.6 Å². The van der Waals surface area contributed by atoms with Gasteiger partial charge in [0.2, 0.25) is 11.1 Å². The molecule has 3 rings (SSSR count). The highest BCUT2D eigenvalue weighted by Gasteiger charge is 2.24. The SMILES string of the molecule is CCc1ccccc1NC(=O)CSc1n[nH]c([C@@H](NC(=O)c2cccc([N+](=O)[O-])c2)C(C)C)n1. The van der Waals surface area contributed by atoms with Crippen molar-refractivity contribution in [1.82, 2.24) is 20.5 Å². The van der Waals surface area contributed by atoms with Crippen molar-refractivity contribution in [2.24, 2.45) is 5.92 Å². The largest absolute Gasteiger partial charge is 0.342 e. The number of aromatic amines is 1. The molecule has 0 unspecified atom stereocenters. The summed E-state index contributed by atoms with van der Waals surface area (Å²) in [6.45, 7) is 5.84. The molecule has 0 radical (unpaired) electrons. The molecule has 0 aliphatic carbocycles. The van der Waals surface area contributed by atoms with E-state index in [0.717, 1.165) is 17.7 Å². The molecule has 1 aromatic heterocycles. The summed E-state index contributed by atoms with van der Waals surface area (Å²) >= 11 is 1.18. The normalized spacial score (nSPS) is 11.8. The van der Waals surface area contributed by atoms with Crippen LogP contribution in [0.4, 0.5) is 11.4 Å². The van der Waals surface area contributed by atoms with Crippen LogP contribution in [0.2, 0.25) is 0 Å². The lowest BCUT2D eigenvalue weighted by Crippen LogP contribution is -2.32. The van der Waals surface area contributed by atoms with E-state index in [9.17, 15) is 19.7 Å². The van der Waals surface area contributed by atoms with Crippen LogP contribution in [-0.4, -0.2) is 37.7 Å². The van der Waals surface area contributed by atoms with Gasteiger partial charge in [-0.3, -0.25) is 24.8 Å². The summed E-state index contributed by atoms with van der Waals surface area (Å²) in [5, 5.41) is 24.1. The number of nitro benzene ring substituents is 1. The quantitative estimate of drug-likeness (QED) is 0.224. The van der Waals surface area contributed by atoms with Crippen molar-refractivity contribution in [3.63, 3.8) is 0 Å². The van der Waals surface area contributed by atoms with Gasteiger partial charge in [-0.2, -0.15) is 0 Å². The molecule has 1 atom stereocenters. The van der Waals surface area contributed by atoms with Gasteiger partial charge in [-0.15, -0.1) is 5.10 Å². The zero-order valence-corrected chi connectivity index (χ0v) is 19.9. The summed E-state index contributed by atoms with van der Waals surface area (Å²) in [4.78, 5) is 40.0. The molecule has 1 heterocycles. The lowest BCUT2D eigenvalue weighted by atomic mass is 10.0. The third-order valence-corrected chi connectivity index (χ3v) is 5.90. The number of non-ortho nitro benzene ring substituents is 1. The number of aryl methyl sites for hydroxylation is 1. The van der Waals surface area contributed by atoms with Gasteiger partial charge in [-0.25, -0.2) is 4.98 Å². The lowest BCUT2D eigenvalue weighted by molar-refractivity contribution is -0.384. The minimum atomic E-state index is -0.548. The van der Waals surface area contributed by atoms with Gasteiger partial charge in [0.25, 0.3) is 11.6 Å². The predicted octanol–water partition coefficient (Wildman–Crippen LogP) is 4.13. The van der Waals surface area contributed by atoms with Crippen LogP contribution in [0.3, 0.4) is 0 Å². The van der Waals surface area contributed by atoms with Gasteiger partial charge < -0.3 is 10.6 Å². The maximum Gasteiger partial charge on any atom is 0.270 e. The van der Waals surface area contributed by atoms with Crippen LogP contribution in [0.15, 0.2) is 53.7 Å². The smallest absolute Gasteiger partial charge is 0.270 e. The van der Waals surface area contributed by atoms with E-state index >= 15 is 0 Å². The van der Waals surface area contributed by atoms with Crippen molar-refractivity contribution in [1.29, 1.82) is 0 Å². The second kappa shape index (κ2) is 11.4. The first-order valence-electron chi connectivity index (χ1n) is 10.8. The highest BCUT2D eigenvalue weighted by atomic mass is 32.2. The van der Waals surface area contributed by atoms with E-state index in [4.69, 9.17) is 0 Å². The van der Waals surface area contributed by atoms with Crippen molar-refractivity contribution >= 4 is 35.0 Å². The molecule has 0 spiro atoms. The second-order valence-electron chi connectivity index (χ2n) is 7.85. The number of hydrogen-bond donors (Lipinski definition) is 3. The molecular weight excluding hydrogens is 456 g/mol. The van der Waals surface area contributed by atoms with Gasteiger partial charge in [-0.1, -0.05) is 56.8 Å². The van der Waals surface area contributed by atoms with Gasteiger partial charge >= 0.3 is 0 Å².